The van der Waals surface area contributed by atoms with Crippen molar-refractivity contribution in [2.24, 2.45) is 5.92 Å². The molecule has 0 aromatic heterocycles. The smallest absolute Gasteiger partial charge is 0.0406 e. The van der Waals surface area contributed by atoms with Crippen molar-refractivity contribution in [2.75, 3.05) is 5.88 Å². The fourth-order valence-electron chi connectivity index (χ4n) is 2.56. The minimum absolute atomic E-state index is 0.171. The number of rotatable bonds is 4. The van der Waals surface area contributed by atoms with E-state index in [1.165, 1.54) is 31.2 Å². The van der Waals surface area contributed by atoms with Gasteiger partial charge >= 0.3 is 0 Å². The van der Waals surface area contributed by atoms with Crippen LogP contribution in [0.25, 0.3) is 0 Å². The molecule has 0 spiro atoms. The molecule has 0 unspecified atom stereocenters. The number of halogens is 1. The van der Waals surface area contributed by atoms with Crippen molar-refractivity contribution in [3.63, 3.8) is 0 Å². The molecule has 0 atom stereocenters. The monoisotopic (exact) mass is 251 g/mol. The Balaban J connectivity index is 1.91. The molecule has 0 saturated heterocycles. The summed E-state index contributed by atoms with van der Waals surface area (Å²) < 4.78 is 0. The Morgan fingerprint density at radius 3 is 2.47 bits per heavy atom. The highest BCUT2D eigenvalue weighted by Crippen LogP contribution is 2.33. The SMILES string of the molecule is CC1CCC(CCl)(NCc2ccccc2)CC1. The molecule has 1 aromatic carbocycles. The van der Waals surface area contributed by atoms with Crippen molar-refractivity contribution in [1.29, 1.82) is 0 Å². The van der Waals surface area contributed by atoms with Crippen molar-refractivity contribution in [3.8, 4) is 0 Å². The minimum atomic E-state index is 0.171. The molecule has 2 rings (SSSR count). The van der Waals surface area contributed by atoms with Gasteiger partial charge in [0.2, 0.25) is 0 Å². The van der Waals surface area contributed by atoms with Gasteiger partial charge in [-0.1, -0.05) is 37.3 Å². The third kappa shape index (κ3) is 3.46. The quantitative estimate of drug-likeness (QED) is 0.799. The molecule has 0 radical (unpaired) electrons. The highest BCUT2D eigenvalue weighted by atomic mass is 35.5. The van der Waals surface area contributed by atoms with Crippen molar-refractivity contribution in [3.05, 3.63) is 35.9 Å². The largest absolute Gasteiger partial charge is 0.306 e. The normalized spacial score (nSPS) is 29.2. The van der Waals surface area contributed by atoms with Gasteiger partial charge in [0.25, 0.3) is 0 Å². The molecule has 1 aliphatic rings. The van der Waals surface area contributed by atoms with Crippen LogP contribution in [0, 0.1) is 5.92 Å². The van der Waals surface area contributed by atoms with E-state index >= 15 is 0 Å². The van der Waals surface area contributed by atoms with Crippen molar-refractivity contribution < 1.29 is 0 Å². The maximum absolute atomic E-state index is 6.19. The van der Waals surface area contributed by atoms with Crippen LogP contribution in [0.3, 0.4) is 0 Å². The fraction of sp³-hybridized carbons (Fsp3) is 0.600. The molecular weight excluding hydrogens is 230 g/mol. The summed E-state index contributed by atoms with van der Waals surface area (Å²) in [6, 6.07) is 10.6. The molecule has 1 saturated carbocycles. The third-order valence-electron chi connectivity index (χ3n) is 4.00. The van der Waals surface area contributed by atoms with Crippen LogP contribution in [0.2, 0.25) is 0 Å². The number of benzene rings is 1. The van der Waals surface area contributed by atoms with E-state index in [1.54, 1.807) is 0 Å². The van der Waals surface area contributed by atoms with E-state index in [4.69, 9.17) is 11.6 Å². The lowest BCUT2D eigenvalue weighted by Gasteiger charge is -2.39. The van der Waals surface area contributed by atoms with E-state index in [0.717, 1.165) is 18.3 Å². The molecular formula is C15H22ClN. The van der Waals surface area contributed by atoms with Crippen LogP contribution in [0.15, 0.2) is 30.3 Å². The Morgan fingerprint density at radius 2 is 1.88 bits per heavy atom. The molecule has 0 amide bonds. The van der Waals surface area contributed by atoms with Crippen molar-refractivity contribution in [1.82, 2.24) is 5.32 Å². The van der Waals surface area contributed by atoms with Gasteiger partial charge in [0.1, 0.15) is 0 Å². The predicted molar refractivity (Wildman–Crippen MR) is 74.4 cm³/mol. The summed E-state index contributed by atoms with van der Waals surface area (Å²) >= 11 is 6.19. The molecule has 1 nitrogen and oxygen atoms in total. The van der Waals surface area contributed by atoms with Crippen LogP contribution in [0.4, 0.5) is 0 Å². The van der Waals surface area contributed by atoms with Crippen LogP contribution < -0.4 is 5.32 Å². The predicted octanol–water partition coefficient (Wildman–Crippen LogP) is 3.96. The summed E-state index contributed by atoms with van der Waals surface area (Å²) in [4.78, 5) is 0. The van der Waals surface area contributed by atoms with Gasteiger partial charge in [0, 0.05) is 18.0 Å². The third-order valence-corrected chi connectivity index (χ3v) is 4.51. The Morgan fingerprint density at radius 1 is 1.24 bits per heavy atom. The zero-order valence-electron chi connectivity index (χ0n) is 10.6. The summed E-state index contributed by atoms with van der Waals surface area (Å²) in [5.41, 5.74) is 1.51. The van der Waals surface area contributed by atoms with E-state index in [9.17, 15) is 0 Å². The standard InChI is InChI=1S/C15H22ClN/c1-13-7-9-15(12-16,10-8-13)17-11-14-5-3-2-4-6-14/h2-6,13,17H,7-12H2,1H3. The van der Waals surface area contributed by atoms with Crippen LogP contribution in [-0.2, 0) is 6.54 Å². The molecule has 1 N–H and O–H groups in total. The zero-order valence-corrected chi connectivity index (χ0v) is 11.3. The van der Waals surface area contributed by atoms with Gasteiger partial charge in [0.15, 0.2) is 0 Å². The lowest BCUT2D eigenvalue weighted by Crippen LogP contribution is -2.49. The first-order chi connectivity index (χ1) is 8.24. The summed E-state index contributed by atoms with van der Waals surface area (Å²) in [5.74, 6) is 1.59. The van der Waals surface area contributed by atoms with Crippen molar-refractivity contribution in [2.45, 2.75) is 44.7 Å². The van der Waals surface area contributed by atoms with Crippen LogP contribution in [0.1, 0.15) is 38.2 Å². The van der Waals surface area contributed by atoms with Gasteiger partial charge in [0.05, 0.1) is 0 Å². The van der Waals surface area contributed by atoms with E-state index < -0.39 is 0 Å². The number of alkyl halides is 1. The molecule has 1 aliphatic carbocycles. The number of nitrogens with one attached hydrogen (secondary N) is 1. The van der Waals surface area contributed by atoms with E-state index in [0.29, 0.717) is 0 Å². The average molecular weight is 252 g/mol. The second kappa shape index (κ2) is 5.88. The molecule has 2 heteroatoms. The Bertz CT molecular complexity index is 328. The first-order valence-corrected chi connectivity index (χ1v) is 7.12. The number of hydrogen-bond donors (Lipinski definition) is 1. The van der Waals surface area contributed by atoms with Gasteiger partial charge in [-0.3, -0.25) is 0 Å². The average Bonchev–Trinajstić information content (AvgIpc) is 2.40. The molecule has 0 bridgehead atoms. The van der Waals surface area contributed by atoms with E-state index in [-0.39, 0.29) is 5.54 Å². The Kier molecular flexibility index (Phi) is 4.47. The van der Waals surface area contributed by atoms with Gasteiger partial charge in [-0.25, -0.2) is 0 Å². The number of hydrogen-bond acceptors (Lipinski definition) is 1. The molecule has 94 valence electrons. The van der Waals surface area contributed by atoms with Gasteiger partial charge in [-0.05, 0) is 37.2 Å². The minimum Gasteiger partial charge on any atom is -0.306 e. The highest BCUT2D eigenvalue weighted by Gasteiger charge is 2.32. The van der Waals surface area contributed by atoms with Crippen LogP contribution in [-0.4, -0.2) is 11.4 Å². The lowest BCUT2D eigenvalue weighted by molar-refractivity contribution is 0.216. The second-order valence-electron chi connectivity index (χ2n) is 5.44. The van der Waals surface area contributed by atoms with Crippen LogP contribution >= 0.6 is 11.6 Å². The first-order valence-electron chi connectivity index (χ1n) is 6.59. The van der Waals surface area contributed by atoms with E-state index in [2.05, 4.69) is 42.6 Å². The molecule has 17 heavy (non-hydrogen) atoms. The topological polar surface area (TPSA) is 12.0 Å². The molecule has 1 aromatic rings. The summed E-state index contributed by atoms with van der Waals surface area (Å²) in [6.07, 6.45) is 5.03. The van der Waals surface area contributed by atoms with Crippen LogP contribution in [0.5, 0.6) is 0 Å². The zero-order chi connectivity index (χ0) is 12.1. The maximum Gasteiger partial charge on any atom is 0.0406 e. The molecule has 0 heterocycles. The summed E-state index contributed by atoms with van der Waals surface area (Å²) in [5, 5.41) is 3.69. The molecule has 1 fully saturated rings. The van der Waals surface area contributed by atoms with Gasteiger partial charge in [-0.15, -0.1) is 11.6 Å². The maximum atomic E-state index is 6.19. The van der Waals surface area contributed by atoms with Gasteiger partial charge < -0.3 is 5.32 Å². The molecule has 0 aliphatic heterocycles. The Hall–Kier alpha value is -0.530. The summed E-state index contributed by atoms with van der Waals surface area (Å²) in [6.45, 7) is 3.28. The van der Waals surface area contributed by atoms with Gasteiger partial charge in [-0.2, -0.15) is 0 Å². The summed E-state index contributed by atoms with van der Waals surface area (Å²) in [7, 11) is 0. The first kappa shape index (κ1) is 12.9. The fourth-order valence-corrected chi connectivity index (χ4v) is 2.92. The van der Waals surface area contributed by atoms with E-state index in [1.807, 2.05) is 0 Å². The highest BCUT2D eigenvalue weighted by molar-refractivity contribution is 6.18. The Labute approximate surface area is 110 Å². The van der Waals surface area contributed by atoms with Crippen molar-refractivity contribution >= 4 is 11.6 Å². The lowest BCUT2D eigenvalue weighted by atomic mass is 9.78. The second-order valence-corrected chi connectivity index (χ2v) is 5.70.